The van der Waals surface area contributed by atoms with Gasteiger partial charge < -0.3 is 14.9 Å². The third-order valence-corrected chi connectivity index (χ3v) is 8.47. The number of alkyl halides is 3. The summed E-state index contributed by atoms with van der Waals surface area (Å²) in [6.45, 7) is 1.58. The number of rotatable bonds is 8. The van der Waals surface area contributed by atoms with Crippen molar-refractivity contribution >= 4 is 29.4 Å². The summed E-state index contributed by atoms with van der Waals surface area (Å²) in [7, 11) is 0. The highest BCUT2D eigenvalue weighted by Gasteiger charge is 2.56. The number of nitrogens with zero attached hydrogens (tertiary/aromatic N) is 1. The fraction of sp³-hybridized carbons (Fsp3) is 0.433. The number of likely N-dealkylation sites (tertiary alicyclic amines) is 1. The van der Waals surface area contributed by atoms with Gasteiger partial charge in [0.25, 0.3) is 0 Å². The van der Waals surface area contributed by atoms with Crippen molar-refractivity contribution in [2.75, 3.05) is 6.54 Å². The molecule has 42 heavy (non-hydrogen) atoms. The topological polar surface area (TPSA) is 138 Å². The fourth-order valence-electron chi connectivity index (χ4n) is 6.71. The van der Waals surface area contributed by atoms with E-state index in [1.54, 1.807) is 6.08 Å². The van der Waals surface area contributed by atoms with Gasteiger partial charge in [-0.05, 0) is 62.8 Å². The van der Waals surface area contributed by atoms with E-state index in [0.717, 1.165) is 24.3 Å². The van der Waals surface area contributed by atoms with Crippen LogP contribution < -0.4 is 4.74 Å². The monoisotopic (exact) mass is 587 g/mol. The van der Waals surface area contributed by atoms with Gasteiger partial charge in [-0.2, -0.15) is 0 Å². The molecule has 0 unspecified atom stereocenters. The SMILES string of the molecule is CC1=CC(=O)C2=C(C[C@@H]3C(=CC[C@@H]4C(=O)N(CCCCCC(=O)O)C(=O)[C@@H]43)[C@@H]2c2cc(OC(F)(F)F)ccc2O)C1=O. The number of halogens is 3. The number of hydrogen-bond acceptors (Lipinski definition) is 7. The van der Waals surface area contributed by atoms with Gasteiger partial charge in [-0.15, -0.1) is 13.2 Å². The Morgan fingerprint density at radius 2 is 1.81 bits per heavy atom. The molecule has 5 rings (SSSR count). The lowest BCUT2D eigenvalue weighted by Gasteiger charge is -2.42. The highest BCUT2D eigenvalue weighted by molar-refractivity contribution is 6.23. The summed E-state index contributed by atoms with van der Waals surface area (Å²) < 4.78 is 43.1. The summed E-state index contributed by atoms with van der Waals surface area (Å²) >= 11 is 0. The highest BCUT2D eigenvalue weighted by atomic mass is 19.4. The summed E-state index contributed by atoms with van der Waals surface area (Å²) in [6, 6.07) is 2.92. The van der Waals surface area contributed by atoms with E-state index >= 15 is 0 Å². The number of phenols is 1. The van der Waals surface area contributed by atoms with Crippen molar-refractivity contribution in [1.82, 2.24) is 4.90 Å². The molecule has 1 aromatic rings. The van der Waals surface area contributed by atoms with Gasteiger partial charge in [-0.1, -0.05) is 18.1 Å². The van der Waals surface area contributed by atoms with Crippen molar-refractivity contribution in [2.45, 2.75) is 57.7 Å². The normalized spacial score (nSPS) is 25.6. The summed E-state index contributed by atoms with van der Waals surface area (Å²) in [5.74, 6) is -7.19. The van der Waals surface area contributed by atoms with Gasteiger partial charge in [-0.3, -0.25) is 28.9 Å². The van der Waals surface area contributed by atoms with Crippen molar-refractivity contribution in [1.29, 1.82) is 0 Å². The van der Waals surface area contributed by atoms with Crippen molar-refractivity contribution in [2.24, 2.45) is 17.8 Å². The smallest absolute Gasteiger partial charge is 0.508 e. The number of Topliss-reactive ketones (excluding diaryl/α,β-unsaturated/α-hetero) is 1. The van der Waals surface area contributed by atoms with E-state index in [4.69, 9.17) is 5.11 Å². The minimum absolute atomic E-state index is 0.0143. The Morgan fingerprint density at radius 3 is 2.50 bits per heavy atom. The molecule has 0 radical (unpaired) electrons. The van der Waals surface area contributed by atoms with Gasteiger partial charge in [0.15, 0.2) is 11.6 Å². The number of benzene rings is 1. The standard InChI is InChI=1S/C30H28F3NO8/c1-14-11-22(36)26-20(27(14)39)13-18-16(24(26)19-12-15(6-9-21(19)35)42-30(31,32)33)7-8-17-25(18)29(41)34(28(17)40)10-4-2-3-5-23(37)38/h6-7,9,11-12,17-18,24-25,35H,2-5,8,10,13H2,1H3,(H,37,38)/t17-,18+,24+,25-/m0/s1. The number of aromatic hydroxyl groups is 1. The summed E-state index contributed by atoms with van der Waals surface area (Å²) in [6.07, 6.45) is -0.753. The van der Waals surface area contributed by atoms with Gasteiger partial charge in [0.2, 0.25) is 11.8 Å². The maximum Gasteiger partial charge on any atom is 0.573 e. The van der Waals surface area contributed by atoms with Crippen molar-refractivity contribution in [3.63, 3.8) is 0 Å². The number of ketones is 2. The zero-order chi connectivity index (χ0) is 30.5. The molecule has 1 fully saturated rings. The summed E-state index contributed by atoms with van der Waals surface area (Å²) in [5.41, 5.74) is 0.708. The number of amides is 2. The van der Waals surface area contributed by atoms with Gasteiger partial charge in [0.05, 0.1) is 11.8 Å². The van der Waals surface area contributed by atoms with Gasteiger partial charge in [0.1, 0.15) is 11.5 Å². The number of allylic oxidation sites excluding steroid dienone is 6. The molecule has 1 saturated heterocycles. The molecule has 3 aliphatic carbocycles. The number of unbranched alkanes of at least 4 members (excludes halogenated alkanes) is 2. The van der Waals surface area contributed by atoms with E-state index < -0.39 is 65.0 Å². The Kier molecular flexibility index (Phi) is 7.59. The molecule has 12 heteroatoms. The second kappa shape index (κ2) is 10.9. The number of carbonyl (C=O) groups is 5. The Balaban J connectivity index is 1.53. The van der Waals surface area contributed by atoms with E-state index in [9.17, 15) is 42.3 Å². The van der Waals surface area contributed by atoms with E-state index in [-0.39, 0.29) is 54.0 Å². The largest absolute Gasteiger partial charge is 0.573 e. The number of carboxylic acid groups (broad SMARTS) is 1. The highest BCUT2D eigenvalue weighted by Crippen LogP contribution is 2.56. The van der Waals surface area contributed by atoms with Crippen LogP contribution in [-0.4, -0.2) is 57.4 Å². The number of phenolic OH excluding ortho intramolecular Hbond substituents is 1. The van der Waals surface area contributed by atoms with Crippen LogP contribution in [0.25, 0.3) is 0 Å². The molecule has 2 N–H and O–H groups in total. The Bertz CT molecular complexity index is 1490. The van der Waals surface area contributed by atoms with Crippen molar-refractivity contribution in [3.8, 4) is 11.5 Å². The van der Waals surface area contributed by atoms with Crippen LogP contribution in [0, 0.1) is 17.8 Å². The van der Waals surface area contributed by atoms with Gasteiger partial charge in [0, 0.05) is 41.2 Å². The number of ether oxygens (including phenoxy) is 1. The molecule has 4 aliphatic rings. The minimum Gasteiger partial charge on any atom is -0.508 e. The molecule has 0 bridgehead atoms. The number of imide groups is 1. The van der Waals surface area contributed by atoms with E-state index in [0.29, 0.717) is 24.8 Å². The average molecular weight is 588 g/mol. The number of fused-ring (bicyclic) bond motifs is 3. The number of carboxylic acids is 1. The van der Waals surface area contributed by atoms with Crippen LogP contribution in [0.5, 0.6) is 11.5 Å². The van der Waals surface area contributed by atoms with Crippen LogP contribution in [0.3, 0.4) is 0 Å². The molecule has 0 spiro atoms. The van der Waals surface area contributed by atoms with Crippen LogP contribution in [0.2, 0.25) is 0 Å². The number of carbonyl (C=O) groups excluding carboxylic acids is 4. The molecule has 222 valence electrons. The zero-order valence-corrected chi connectivity index (χ0v) is 22.6. The predicted molar refractivity (Wildman–Crippen MR) is 139 cm³/mol. The maximum atomic E-state index is 13.7. The van der Waals surface area contributed by atoms with Crippen LogP contribution >= 0.6 is 0 Å². The first kappa shape index (κ1) is 29.3. The lowest BCUT2D eigenvalue weighted by molar-refractivity contribution is -0.274. The first-order valence-corrected chi connectivity index (χ1v) is 13.6. The van der Waals surface area contributed by atoms with Gasteiger partial charge >= 0.3 is 12.3 Å². The fourth-order valence-corrected chi connectivity index (χ4v) is 6.71. The Hall–Kier alpha value is -4.22. The minimum atomic E-state index is -5.02. The predicted octanol–water partition coefficient (Wildman–Crippen LogP) is 4.37. The third kappa shape index (κ3) is 5.25. The van der Waals surface area contributed by atoms with Crippen LogP contribution in [0.4, 0.5) is 13.2 Å². The quantitative estimate of drug-likeness (QED) is 0.198. The number of aliphatic carboxylic acids is 1. The van der Waals surface area contributed by atoms with Gasteiger partial charge in [-0.25, -0.2) is 0 Å². The zero-order valence-electron chi connectivity index (χ0n) is 22.6. The molecular formula is C30H28F3NO8. The lowest BCUT2D eigenvalue weighted by Crippen LogP contribution is -2.40. The van der Waals surface area contributed by atoms with Crippen LogP contribution in [-0.2, 0) is 24.0 Å². The average Bonchev–Trinajstić information content (AvgIpc) is 3.15. The molecule has 0 saturated carbocycles. The Labute approximate surface area is 238 Å². The molecule has 1 aromatic carbocycles. The lowest BCUT2D eigenvalue weighted by atomic mass is 9.59. The first-order valence-electron chi connectivity index (χ1n) is 13.6. The van der Waals surface area contributed by atoms with Crippen molar-refractivity contribution < 1.29 is 52.1 Å². The maximum absolute atomic E-state index is 13.7. The van der Waals surface area contributed by atoms with E-state index in [1.807, 2.05) is 0 Å². The third-order valence-electron chi connectivity index (χ3n) is 8.47. The molecule has 1 aliphatic heterocycles. The number of hydrogen-bond donors (Lipinski definition) is 2. The Morgan fingerprint density at radius 1 is 1.07 bits per heavy atom. The van der Waals surface area contributed by atoms with E-state index in [2.05, 4.69) is 4.74 Å². The van der Waals surface area contributed by atoms with Crippen molar-refractivity contribution in [3.05, 3.63) is 58.2 Å². The molecule has 9 nitrogen and oxygen atoms in total. The summed E-state index contributed by atoms with van der Waals surface area (Å²) in [4.78, 5) is 65.5. The second-order valence-corrected chi connectivity index (χ2v) is 11.0. The summed E-state index contributed by atoms with van der Waals surface area (Å²) in [5, 5.41) is 19.6. The molecule has 0 aromatic heterocycles. The second-order valence-electron chi connectivity index (χ2n) is 11.0. The molecule has 2 amide bonds. The van der Waals surface area contributed by atoms with Crippen LogP contribution in [0.15, 0.2) is 52.6 Å². The first-order chi connectivity index (χ1) is 19.8. The molecule has 4 atom stereocenters. The molecule has 1 heterocycles. The van der Waals surface area contributed by atoms with E-state index in [1.165, 1.54) is 11.8 Å². The molecular weight excluding hydrogens is 559 g/mol. The van der Waals surface area contributed by atoms with Crippen LogP contribution in [0.1, 0.15) is 56.9 Å².